The summed E-state index contributed by atoms with van der Waals surface area (Å²) in [5, 5.41) is 18.5. The minimum Gasteiger partial charge on any atom is -0.450 e. The third-order valence-electron chi connectivity index (χ3n) is 1.90. The second-order valence-electron chi connectivity index (χ2n) is 2.80. The fourth-order valence-electron chi connectivity index (χ4n) is 1.37. The fraction of sp³-hybridized carbons (Fsp3) is 0.857. The maximum atomic E-state index is 10.2. The van der Waals surface area contributed by atoms with E-state index in [1.54, 1.807) is 0 Å². The minimum absolute atomic E-state index is 0.139. The van der Waals surface area contributed by atoms with Crippen LogP contribution in [0.5, 0.6) is 0 Å². The topological polar surface area (TPSA) is 69.7 Å². The van der Waals surface area contributed by atoms with Crippen molar-refractivity contribution in [3.8, 4) is 0 Å². The van der Waals surface area contributed by atoms with Crippen molar-refractivity contribution < 1.29 is 19.7 Å². The van der Waals surface area contributed by atoms with Crippen LogP contribution in [-0.2, 0) is 9.84 Å². The standard InChI is InChI=1S/C7H12NO4/c9-4-3-8-2-1-6(5-8)12-7(10)11/h6H,1-5H2,(H,10,11). The number of ether oxygens (including phenoxy) is 1. The third kappa shape index (κ3) is 2.67. The summed E-state index contributed by atoms with van der Waals surface area (Å²) in [6, 6.07) is 0. The normalized spacial score (nSPS) is 24.2. The van der Waals surface area contributed by atoms with E-state index >= 15 is 0 Å². The molecule has 1 heterocycles. The highest BCUT2D eigenvalue weighted by molar-refractivity contribution is 5.57. The maximum Gasteiger partial charge on any atom is 0.506 e. The van der Waals surface area contributed by atoms with Crippen molar-refractivity contribution in [3.05, 3.63) is 0 Å². The summed E-state index contributed by atoms with van der Waals surface area (Å²) in [4.78, 5) is 12.0. The van der Waals surface area contributed by atoms with Crippen LogP contribution in [0.1, 0.15) is 6.42 Å². The quantitative estimate of drug-likeness (QED) is 0.620. The summed E-state index contributed by atoms with van der Waals surface area (Å²) >= 11 is 0. The monoisotopic (exact) mass is 174 g/mol. The molecule has 0 bridgehead atoms. The van der Waals surface area contributed by atoms with Crippen LogP contribution < -0.4 is 0 Å². The van der Waals surface area contributed by atoms with Gasteiger partial charge in [-0.05, 0) is 6.42 Å². The van der Waals surface area contributed by atoms with E-state index in [0.717, 1.165) is 6.54 Å². The summed E-state index contributed by atoms with van der Waals surface area (Å²) < 4.78 is 4.56. The zero-order valence-corrected chi connectivity index (χ0v) is 6.73. The van der Waals surface area contributed by atoms with E-state index in [4.69, 9.17) is 5.11 Å². The van der Waals surface area contributed by atoms with E-state index in [0.29, 0.717) is 19.5 Å². The Kier molecular flexibility index (Phi) is 3.31. The predicted molar refractivity (Wildman–Crippen MR) is 39.5 cm³/mol. The maximum absolute atomic E-state index is 10.2. The van der Waals surface area contributed by atoms with Gasteiger partial charge in [0.2, 0.25) is 0 Å². The van der Waals surface area contributed by atoms with Gasteiger partial charge in [0, 0.05) is 19.6 Å². The SMILES string of the molecule is [O]CCN1CCC(OC(=O)O)C1. The first-order valence-corrected chi connectivity index (χ1v) is 3.92. The Morgan fingerprint density at radius 1 is 1.67 bits per heavy atom. The Bertz CT molecular complexity index is 161. The summed E-state index contributed by atoms with van der Waals surface area (Å²) in [5.74, 6) is 0. The van der Waals surface area contributed by atoms with E-state index < -0.39 is 6.16 Å². The van der Waals surface area contributed by atoms with Gasteiger partial charge < -0.3 is 9.84 Å². The first-order valence-electron chi connectivity index (χ1n) is 3.92. The molecule has 1 radical (unpaired) electrons. The molecule has 69 valence electrons. The van der Waals surface area contributed by atoms with Gasteiger partial charge in [-0.2, -0.15) is 0 Å². The highest BCUT2D eigenvalue weighted by Crippen LogP contribution is 2.11. The molecule has 1 atom stereocenters. The highest BCUT2D eigenvalue weighted by atomic mass is 16.7. The van der Waals surface area contributed by atoms with E-state index in [2.05, 4.69) is 4.74 Å². The lowest BCUT2D eigenvalue weighted by Crippen LogP contribution is -2.26. The van der Waals surface area contributed by atoms with E-state index in [9.17, 15) is 9.90 Å². The van der Waals surface area contributed by atoms with Crippen molar-refractivity contribution in [1.82, 2.24) is 4.90 Å². The van der Waals surface area contributed by atoms with Crippen molar-refractivity contribution in [2.24, 2.45) is 0 Å². The molecule has 1 rings (SSSR count). The van der Waals surface area contributed by atoms with E-state index in [-0.39, 0.29) is 12.7 Å². The summed E-state index contributed by atoms with van der Waals surface area (Å²) in [6.07, 6.45) is -0.773. The van der Waals surface area contributed by atoms with Gasteiger partial charge in [-0.3, -0.25) is 4.90 Å². The number of hydrogen-bond donors (Lipinski definition) is 1. The van der Waals surface area contributed by atoms with Gasteiger partial charge in [0.05, 0.1) is 6.61 Å². The van der Waals surface area contributed by atoms with Crippen LogP contribution in [-0.4, -0.2) is 48.5 Å². The van der Waals surface area contributed by atoms with Gasteiger partial charge in [-0.15, -0.1) is 0 Å². The average Bonchev–Trinajstić information content (AvgIpc) is 2.36. The molecule has 1 aliphatic heterocycles. The summed E-state index contributed by atoms with van der Waals surface area (Å²) in [7, 11) is 0. The van der Waals surface area contributed by atoms with E-state index in [1.165, 1.54) is 0 Å². The molecule has 5 heteroatoms. The Labute approximate surface area is 70.5 Å². The second kappa shape index (κ2) is 4.27. The molecule has 0 saturated carbocycles. The first kappa shape index (κ1) is 9.28. The van der Waals surface area contributed by atoms with Gasteiger partial charge in [-0.25, -0.2) is 9.90 Å². The van der Waals surface area contributed by atoms with Crippen molar-refractivity contribution in [2.75, 3.05) is 26.2 Å². The molecule has 1 saturated heterocycles. The third-order valence-corrected chi connectivity index (χ3v) is 1.90. The lowest BCUT2D eigenvalue weighted by atomic mass is 10.3. The molecule has 0 aromatic carbocycles. The number of rotatable bonds is 3. The van der Waals surface area contributed by atoms with Gasteiger partial charge in [0.1, 0.15) is 6.10 Å². The summed E-state index contributed by atoms with van der Waals surface area (Å²) in [6.45, 7) is 1.67. The molecule has 5 nitrogen and oxygen atoms in total. The average molecular weight is 174 g/mol. The van der Waals surface area contributed by atoms with Crippen LogP contribution in [0, 0.1) is 0 Å². The van der Waals surface area contributed by atoms with Crippen LogP contribution in [0.25, 0.3) is 0 Å². The number of nitrogens with zero attached hydrogens (tertiary/aromatic N) is 1. The van der Waals surface area contributed by atoms with Crippen LogP contribution in [0.15, 0.2) is 0 Å². The van der Waals surface area contributed by atoms with Crippen LogP contribution in [0.3, 0.4) is 0 Å². The lowest BCUT2D eigenvalue weighted by molar-refractivity contribution is 0.0535. The van der Waals surface area contributed by atoms with Crippen molar-refractivity contribution in [1.29, 1.82) is 0 Å². The number of carboxylic acid groups (broad SMARTS) is 1. The molecule has 0 aliphatic carbocycles. The molecular formula is C7H12NO4. The molecule has 1 unspecified atom stereocenters. The fourth-order valence-corrected chi connectivity index (χ4v) is 1.37. The second-order valence-corrected chi connectivity index (χ2v) is 2.80. The Hall–Kier alpha value is -0.810. The smallest absolute Gasteiger partial charge is 0.450 e. The predicted octanol–water partition coefficient (Wildman–Crippen LogP) is 0.186. The van der Waals surface area contributed by atoms with Crippen LogP contribution in [0.4, 0.5) is 4.79 Å². The zero-order valence-electron chi connectivity index (χ0n) is 6.73. The van der Waals surface area contributed by atoms with Gasteiger partial charge in [0.25, 0.3) is 0 Å². The van der Waals surface area contributed by atoms with Gasteiger partial charge in [0.15, 0.2) is 0 Å². The van der Waals surface area contributed by atoms with Crippen molar-refractivity contribution >= 4 is 6.16 Å². The molecule has 0 aromatic heterocycles. The molecule has 1 aliphatic rings. The van der Waals surface area contributed by atoms with Crippen LogP contribution >= 0.6 is 0 Å². The highest BCUT2D eigenvalue weighted by Gasteiger charge is 2.24. The Morgan fingerprint density at radius 2 is 2.42 bits per heavy atom. The van der Waals surface area contributed by atoms with Gasteiger partial charge >= 0.3 is 6.16 Å². The van der Waals surface area contributed by atoms with Crippen LogP contribution in [0.2, 0.25) is 0 Å². The lowest BCUT2D eigenvalue weighted by Gasteiger charge is -2.12. The Balaban J connectivity index is 2.21. The first-order chi connectivity index (χ1) is 5.72. The zero-order chi connectivity index (χ0) is 8.97. The minimum atomic E-state index is -1.23. The number of likely N-dealkylation sites (tertiary alicyclic amines) is 1. The molecule has 0 amide bonds. The molecule has 12 heavy (non-hydrogen) atoms. The molecule has 0 spiro atoms. The largest absolute Gasteiger partial charge is 0.506 e. The van der Waals surface area contributed by atoms with Crippen molar-refractivity contribution in [2.45, 2.75) is 12.5 Å². The van der Waals surface area contributed by atoms with E-state index in [1.807, 2.05) is 4.90 Å². The molecule has 0 aromatic rings. The number of carbonyl (C=O) groups is 1. The molecule has 1 N–H and O–H groups in total. The summed E-state index contributed by atoms with van der Waals surface area (Å²) in [5.41, 5.74) is 0. The van der Waals surface area contributed by atoms with Gasteiger partial charge in [-0.1, -0.05) is 0 Å². The number of hydrogen-bond acceptors (Lipinski definition) is 3. The molecular weight excluding hydrogens is 162 g/mol. The Morgan fingerprint density at radius 3 is 3.00 bits per heavy atom. The molecule has 1 fully saturated rings. The van der Waals surface area contributed by atoms with Crippen molar-refractivity contribution in [3.63, 3.8) is 0 Å².